The van der Waals surface area contributed by atoms with Gasteiger partial charge in [-0.3, -0.25) is 4.90 Å². The molecule has 4 aromatic rings. The molecule has 0 N–H and O–H groups in total. The lowest BCUT2D eigenvalue weighted by molar-refractivity contribution is 0.446. The maximum Gasteiger partial charge on any atom is 0.156 e. The minimum Gasteiger partial charge on any atom is -0.453 e. The van der Waals surface area contributed by atoms with Crippen LogP contribution in [0.4, 0.5) is 22.7 Å². The quantitative estimate of drug-likeness (QED) is 0.259. The van der Waals surface area contributed by atoms with Crippen LogP contribution in [0.1, 0.15) is 24.0 Å². The van der Waals surface area contributed by atoms with Gasteiger partial charge in [0.25, 0.3) is 0 Å². The third-order valence-corrected chi connectivity index (χ3v) is 7.58. The van der Waals surface area contributed by atoms with Gasteiger partial charge in [0.15, 0.2) is 23.0 Å². The molecule has 0 fully saturated rings. The van der Waals surface area contributed by atoms with E-state index in [0.29, 0.717) is 0 Å². The molecule has 0 bridgehead atoms. The number of hydrogen-bond acceptors (Lipinski definition) is 4. The van der Waals surface area contributed by atoms with E-state index in [4.69, 9.17) is 9.47 Å². The SMILES string of the molecule is c1ccc2c(c1)Oc1cc(-c3cc4c5c(c3)CCCN5CCC4)cc3c1N2c1ccccc1O3. The second kappa shape index (κ2) is 6.80. The van der Waals surface area contributed by atoms with E-state index < -0.39 is 0 Å². The van der Waals surface area contributed by atoms with E-state index in [1.165, 1.54) is 48.3 Å². The zero-order chi connectivity index (χ0) is 22.2. The summed E-state index contributed by atoms with van der Waals surface area (Å²) in [7, 11) is 0. The fourth-order valence-corrected chi connectivity index (χ4v) is 6.16. The predicted molar refractivity (Wildman–Crippen MR) is 136 cm³/mol. The lowest BCUT2D eigenvalue weighted by atomic mass is 9.88. The number of rotatable bonds is 1. The van der Waals surface area contributed by atoms with E-state index in [1.54, 1.807) is 0 Å². The van der Waals surface area contributed by atoms with Crippen molar-refractivity contribution in [3.63, 3.8) is 0 Å². The summed E-state index contributed by atoms with van der Waals surface area (Å²) in [6.07, 6.45) is 4.79. The highest BCUT2D eigenvalue weighted by Crippen LogP contribution is 2.60. The molecule has 8 rings (SSSR count). The minimum absolute atomic E-state index is 0.841. The van der Waals surface area contributed by atoms with Crippen LogP contribution in [-0.4, -0.2) is 13.1 Å². The maximum atomic E-state index is 6.47. The van der Waals surface area contributed by atoms with Crippen LogP contribution in [0, 0.1) is 0 Å². The lowest BCUT2D eigenvalue weighted by Gasteiger charge is -2.38. The van der Waals surface area contributed by atoms with Crippen molar-refractivity contribution in [2.45, 2.75) is 25.7 Å². The Hall–Kier alpha value is -3.92. The predicted octanol–water partition coefficient (Wildman–Crippen LogP) is 7.73. The van der Waals surface area contributed by atoms with Crippen molar-refractivity contribution in [3.05, 3.63) is 83.9 Å². The Labute approximate surface area is 199 Å². The summed E-state index contributed by atoms with van der Waals surface area (Å²) in [5.41, 5.74) is 9.94. The van der Waals surface area contributed by atoms with Gasteiger partial charge in [-0.2, -0.15) is 0 Å². The van der Waals surface area contributed by atoms with E-state index >= 15 is 0 Å². The first-order valence-electron chi connectivity index (χ1n) is 12.3. The largest absolute Gasteiger partial charge is 0.453 e. The van der Waals surface area contributed by atoms with Gasteiger partial charge in [-0.1, -0.05) is 24.3 Å². The highest BCUT2D eigenvalue weighted by atomic mass is 16.5. The van der Waals surface area contributed by atoms with Gasteiger partial charge >= 0.3 is 0 Å². The molecule has 0 saturated heterocycles. The van der Waals surface area contributed by atoms with Crippen LogP contribution in [0.2, 0.25) is 0 Å². The first-order chi connectivity index (χ1) is 16.8. The number of anilines is 4. The van der Waals surface area contributed by atoms with Gasteiger partial charge in [0.05, 0.1) is 11.4 Å². The fourth-order valence-electron chi connectivity index (χ4n) is 6.16. The Morgan fingerprint density at radius 2 is 1.09 bits per heavy atom. The Balaban J connectivity index is 1.33. The number of fused-ring (bicyclic) bond motifs is 4. The molecule has 0 atom stereocenters. The van der Waals surface area contributed by atoms with Gasteiger partial charge in [0, 0.05) is 18.8 Å². The van der Waals surface area contributed by atoms with E-state index in [9.17, 15) is 0 Å². The summed E-state index contributed by atoms with van der Waals surface area (Å²) in [6.45, 7) is 2.39. The van der Waals surface area contributed by atoms with Crippen molar-refractivity contribution < 1.29 is 9.47 Å². The number of benzene rings is 4. The fraction of sp³-hybridized carbons (Fsp3) is 0.200. The number of nitrogens with zero attached hydrogens (tertiary/aromatic N) is 2. The highest BCUT2D eigenvalue weighted by Gasteiger charge is 2.35. The molecule has 0 radical (unpaired) electrons. The standard InChI is InChI=1S/C30H24N2O2/c1-3-11-25-23(9-1)32-24-10-2-4-12-26(24)34-28-18-22(17-27(33-25)30(28)32)21-15-19-7-5-13-31-14-6-8-20(16-21)29(19)31/h1-4,9-12,15-18H,5-8,13-14H2. The molecular formula is C30H24N2O2. The first kappa shape index (κ1) is 18.5. The van der Waals surface area contributed by atoms with E-state index in [0.717, 1.165) is 58.5 Å². The summed E-state index contributed by atoms with van der Waals surface area (Å²) in [5, 5.41) is 0. The third kappa shape index (κ3) is 2.54. The Kier molecular flexibility index (Phi) is 3.70. The van der Waals surface area contributed by atoms with Crippen LogP contribution < -0.4 is 19.3 Å². The van der Waals surface area contributed by atoms with Gasteiger partial charge in [-0.25, -0.2) is 0 Å². The van der Waals surface area contributed by atoms with Gasteiger partial charge in [-0.05, 0) is 96.5 Å². The van der Waals surface area contributed by atoms with Crippen molar-refractivity contribution in [2.75, 3.05) is 22.9 Å². The van der Waals surface area contributed by atoms with Crippen molar-refractivity contribution in [1.82, 2.24) is 0 Å². The van der Waals surface area contributed by atoms with Crippen LogP contribution in [0.15, 0.2) is 72.8 Å². The zero-order valence-corrected chi connectivity index (χ0v) is 18.9. The molecule has 0 aromatic heterocycles. The summed E-state index contributed by atoms with van der Waals surface area (Å²) in [4.78, 5) is 4.87. The zero-order valence-electron chi connectivity index (χ0n) is 18.9. The van der Waals surface area contributed by atoms with E-state index in [1.807, 2.05) is 24.3 Å². The lowest BCUT2D eigenvalue weighted by Crippen LogP contribution is -2.34. The summed E-state index contributed by atoms with van der Waals surface area (Å²) < 4.78 is 12.9. The molecule has 0 spiro atoms. The van der Waals surface area contributed by atoms with Crippen molar-refractivity contribution in [1.29, 1.82) is 0 Å². The summed E-state index contributed by atoms with van der Waals surface area (Å²) in [5.74, 6) is 3.42. The van der Waals surface area contributed by atoms with Gasteiger partial charge in [-0.15, -0.1) is 0 Å². The molecule has 34 heavy (non-hydrogen) atoms. The number of aryl methyl sites for hydroxylation is 2. The number of ether oxygens (including phenoxy) is 2. The molecule has 4 heteroatoms. The molecule has 4 nitrogen and oxygen atoms in total. The maximum absolute atomic E-state index is 6.47. The Morgan fingerprint density at radius 3 is 1.68 bits per heavy atom. The molecule has 0 amide bonds. The average Bonchev–Trinajstić information content (AvgIpc) is 2.88. The van der Waals surface area contributed by atoms with Crippen LogP contribution >= 0.6 is 0 Å². The summed E-state index contributed by atoms with van der Waals surface area (Å²) >= 11 is 0. The molecular weight excluding hydrogens is 420 g/mol. The summed E-state index contributed by atoms with van der Waals surface area (Å²) in [6, 6.07) is 25.7. The topological polar surface area (TPSA) is 24.9 Å². The molecule has 4 aliphatic heterocycles. The Bertz CT molecular complexity index is 1390. The van der Waals surface area contributed by atoms with Crippen molar-refractivity contribution >= 4 is 22.7 Å². The van der Waals surface area contributed by atoms with E-state index in [2.05, 4.69) is 58.3 Å². The molecule has 0 saturated carbocycles. The van der Waals surface area contributed by atoms with Crippen molar-refractivity contribution in [3.8, 4) is 34.1 Å². The first-order valence-corrected chi connectivity index (χ1v) is 12.3. The van der Waals surface area contributed by atoms with E-state index in [-0.39, 0.29) is 0 Å². The molecule has 166 valence electrons. The normalized spacial score (nSPS) is 16.5. The smallest absolute Gasteiger partial charge is 0.156 e. The second-order valence-corrected chi connectivity index (χ2v) is 9.63. The van der Waals surface area contributed by atoms with Crippen LogP contribution in [0.25, 0.3) is 11.1 Å². The monoisotopic (exact) mass is 444 g/mol. The van der Waals surface area contributed by atoms with Crippen LogP contribution in [0.5, 0.6) is 23.0 Å². The molecule has 4 aliphatic rings. The van der Waals surface area contributed by atoms with Gasteiger partial charge in [0.2, 0.25) is 0 Å². The molecule has 0 unspecified atom stereocenters. The minimum atomic E-state index is 0.841. The number of hydrogen-bond donors (Lipinski definition) is 0. The Morgan fingerprint density at radius 1 is 0.559 bits per heavy atom. The average molecular weight is 445 g/mol. The van der Waals surface area contributed by atoms with Gasteiger partial charge in [0.1, 0.15) is 5.69 Å². The molecule has 4 aromatic carbocycles. The number of para-hydroxylation sites is 4. The van der Waals surface area contributed by atoms with Crippen molar-refractivity contribution in [2.24, 2.45) is 0 Å². The second-order valence-electron chi connectivity index (χ2n) is 9.63. The van der Waals surface area contributed by atoms with Gasteiger partial charge < -0.3 is 14.4 Å². The highest BCUT2D eigenvalue weighted by molar-refractivity contribution is 5.95. The molecule has 0 aliphatic carbocycles. The molecule has 4 heterocycles. The van der Waals surface area contributed by atoms with Crippen LogP contribution in [-0.2, 0) is 12.8 Å². The third-order valence-electron chi connectivity index (χ3n) is 7.58. The van der Waals surface area contributed by atoms with Crippen LogP contribution in [0.3, 0.4) is 0 Å².